The highest BCUT2D eigenvalue weighted by Gasteiger charge is 2.15. The van der Waals surface area contributed by atoms with Crippen LogP contribution in [0.2, 0.25) is 0 Å². The van der Waals surface area contributed by atoms with Crippen molar-refractivity contribution in [2.45, 2.75) is 58.8 Å². The first-order chi connectivity index (χ1) is 12.9. The van der Waals surface area contributed by atoms with Gasteiger partial charge in [-0.3, -0.25) is 20.4 Å². The number of amides is 2. The largest absolute Gasteiger partial charge is 0.483 e. The van der Waals surface area contributed by atoms with Gasteiger partial charge in [0.15, 0.2) is 11.7 Å². The van der Waals surface area contributed by atoms with Crippen molar-refractivity contribution >= 4 is 29.1 Å². The lowest BCUT2D eigenvalue weighted by atomic mass is 9.86. The lowest BCUT2D eigenvalue weighted by molar-refractivity contribution is -0.124. The highest BCUT2D eigenvalue weighted by molar-refractivity contribution is 7.80. The van der Waals surface area contributed by atoms with E-state index in [2.05, 4.69) is 16.2 Å². The van der Waals surface area contributed by atoms with Crippen LogP contribution in [-0.2, 0) is 9.59 Å². The number of benzene rings is 1. The van der Waals surface area contributed by atoms with Crippen LogP contribution < -0.4 is 20.9 Å². The Kier molecular flexibility index (Phi) is 8.51. The Hall–Kier alpha value is -2.15. The number of rotatable bonds is 6. The first-order valence-corrected chi connectivity index (χ1v) is 9.93. The van der Waals surface area contributed by atoms with E-state index in [9.17, 15) is 9.59 Å². The quantitative estimate of drug-likeness (QED) is 0.513. The molecule has 6 nitrogen and oxygen atoms in total. The van der Waals surface area contributed by atoms with Gasteiger partial charge in [0.2, 0.25) is 5.91 Å². The molecule has 2 rings (SSSR count). The third-order valence-corrected chi connectivity index (χ3v) is 4.97. The Labute approximate surface area is 166 Å². The van der Waals surface area contributed by atoms with Crippen LogP contribution in [-0.4, -0.2) is 23.5 Å². The van der Waals surface area contributed by atoms with Crippen LogP contribution in [0.15, 0.2) is 18.2 Å². The van der Waals surface area contributed by atoms with Gasteiger partial charge in [-0.05, 0) is 50.0 Å². The molecule has 3 N–H and O–H groups in total. The molecule has 1 aliphatic rings. The van der Waals surface area contributed by atoms with Crippen molar-refractivity contribution in [1.82, 2.24) is 16.2 Å². The summed E-state index contributed by atoms with van der Waals surface area (Å²) in [5.74, 6) is 0.801. The normalized spacial score (nSPS) is 14.3. The molecule has 0 saturated heterocycles. The summed E-state index contributed by atoms with van der Waals surface area (Å²) in [6, 6.07) is 5.75. The number of hydrazine groups is 1. The third-order valence-electron chi connectivity index (χ3n) is 4.76. The van der Waals surface area contributed by atoms with Crippen molar-refractivity contribution in [3.63, 3.8) is 0 Å². The van der Waals surface area contributed by atoms with E-state index in [4.69, 9.17) is 17.0 Å². The summed E-state index contributed by atoms with van der Waals surface area (Å²) in [5.41, 5.74) is 7.06. The molecular weight excluding hydrogens is 362 g/mol. The van der Waals surface area contributed by atoms with Crippen LogP contribution in [0.4, 0.5) is 0 Å². The minimum absolute atomic E-state index is 0.0866. The van der Waals surface area contributed by atoms with Crippen LogP contribution >= 0.6 is 12.2 Å². The van der Waals surface area contributed by atoms with Crippen molar-refractivity contribution in [2.75, 3.05) is 6.61 Å². The first kappa shape index (κ1) is 21.2. The summed E-state index contributed by atoms with van der Waals surface area (Å²) in [5, 5.41) is 2.68. The number of carbonyl (C=O) groups excluding carboxylic acids is 2. The van der Waals surface area contributed by atoms with Crippen LogP contribution in [0.3, 0.4) is 0 Å². The Balaban J connectivity index is 1.61. The van der Waals surface area contributed by atoms with E-state index in [1.807, 2.05) is 32.0 Å². The molecule has 0 unspecified atom stereocenters. The number of nitrogens with one attached hydrogen (secondary N) is 3. The van der Waals surface area contributed by atoms with E-state index in [1.165, 1.54) is 32.1 Å². The van der Waals surface area contributed by atoms with E-state index in [-0.39, 0.29) is 23.5 Å². The Morgan fingerprint density at radius 3 is 2.56 bits per heavy atom. The summed E-state index contributed by atoms with van der Waals surface area (Å²) in [6.07, 6.45) is 7.62. The van der Waals surface area contributed by atoms with Crippen molar-refractivity contribution in [2.24, 2.45) is 5.92 Å². The second-order valence-corrected chi connectivity index (χ2v) is 7.56. The molecule has 1 saturated carbocycles. The topological polar surface area (TPSA) is 79.5 Å². The van der Waals surface area contributed by atoms with Gasteiger partial charge >= 0.3 is 0 Å². The van der Waals surface area contributed by atoms with Crippen molar-refractivity contribution in [3.05, 3.63) is 29.3 Å². The Morgan fingerprint density at radius 1 is 1.11 bits per heavy atom. The second kappa shape index (κ2) is 10.9. The maximum Gasteiger partial charge on any atom is 0.276 e. The Bertz CT molecular complexity index is 672. The van der Waals surface area contributed by atoms with Gasteiger partial charge in [0.1, 0.15) is 5.75 Å². The highest BCUT2D eigenvalue weighted by Crippen LogP contribution is 2.27. The lowest BCUT2D eigenvalue weighted by Gasteiger charge is -2.21. The van der Waals surface area contributed by atoms with Gasteiger partial charge in [-0.2, -0.15) is 0 Å². The summed E-state index contributed by atoms with van der Waals surface area (Å²) in [6.45, 7) is 3.78. The molecule has 2 amide bonds. The highest BCUT2D eigenvalue weighted by atomic mass is 32.1. The smallest absolute Gasteiger partial charge is 0.276 e. The molecule has 1 aromatic rings. The number of hydrogen-bond acceptors (Lipinski definition) is 4. The molecule has 0 atom stereocenters. The molecule has 1 fully saturated rings. The molecule has 1 aliphatic carbocycles. The summed E-state index contributed by atoms with van der Waals surface area (Å²) in [4.78, 5) is 23.8. The summed E-state index contributed by atoms with van der Waals surface area (Å²) < 4.78 is 5.49. The van der Waals surface area contributed by atoms with Crippen LogP contribution in [0.5, 0.6) is 5.75 Å². The van der Waals surface area contributed by atoms with Crippen molar-refractivity contribution < 1.29 is 14.3 Å². The lowest BCUT2D eigenvalue weighted by Crippen LogP contribution is -2.49. The maximum absolute atomic E-state index is 11.9. The predicted molar refractivity (Wildman–Crippen MR) is 109 cm³/mol. The van der Waals surface area contributed by atoms with Crippen molar-refractivity contribution in [1.29, 1.82) is 0 Å². The average molecular weight is 392 g/mol. The minimum Gasteiger partial charge on any atom is -0.483 e. The average Bonchev–Trinajstić information content (AvgIpc) is 2.65. The zero-order chi connectivity index (χ0) is 19.6. The van der Waals surface area contributed by atoms with Crippen LogP contribution in [0, 0.1) is 19.8 Å². The van der Waals surface area contributed by atoms with Gasteiger partial charge in [0.05, 0.1) is 0 Å². The fraction of sp³-hybridized carbons (Fsp3) is 0.550. The second-order valence-electron chi connectivity index (χ2n) is 7.15. The molecule has 0 aliphatic heterocycles. The fourth-order valence-electron chi connectivity index (χ4n) is 3.30. The van der Waals surface area contributed by atoms with Crippen LogP contribution in [0.1, 0.15) is 56.1 Å². The number of ether oxygens (including phenoxy) is 1. The molecule has 27 heavy (non-hydrogen) atoms. The maximum atomic E-state index is 11.9. The van der Waals surface area contributed by atoms with Gasteiger partial charge < -0.3 is 10.1 Å². The number of carbonyl (C=O) groups is 2. The molecule has 0 bridgehead atoms. The van der Waals surface area contributed by atoms with Gasteiger partial charge in [0, 0.05) is 6.42 Å². The summed E-state index contributed by atoms with van der Waals surface area (Å²) >= 11 is 5.03. The number of thiocarbonyl (C=S) groups is 1. The summed E-state index contributed by atoms with van der Waals surface area (Å²) in [7, 11) is 0. The molecule has 0 aromatic heterocycles. The van der Waals surface area contributed by atoms with E-state index in [0.29, 0.717) is 18.1 Å². The first-order valence-electron chi connectivity index (χ1n) is 9.53. The SMILES string of the molecule is Cc1ccc(OCC(=O)NNC(=S)NC(=O)CCC2CCCCC2)c(C)c1. The molecule has 7 heteroatoms. The van der Waals surface area contributed by atoms with E-state index in [1.54, 1.807) is 0 Å². The molecule has 0 spiro atoms. The monoisotopic (exact) mass is 391 g/mol. The number of hydrogen-bond donors (Lipinski definition) is 3. The van der Waals surface area contributed by atoms with E-state index < -0.39 is 0 Å². The molecule has 0 radical (unpaired) electrons. The van der Waals surface area contributed by atoms with Gasteiger partial charge in [-0.1, -0.05) is 49.8 Å². The molecule has 0 heterocycles. The van der Waals surface area contributed by atoms with E-state index >= 15 is 0 Å². The standard InChI is InChI=1S/C20H29N3O3S/c1-14-8-10-17(15(2)12-14)26-13-19(25)22-23-20(27)21-18(24)11-9-16-6-4-3-5-7-16/h8,10,12,16H,3-7,9,11,13H2,1-2H3,(H,22,25)(H2,21,23,24,27). The van der Waals surface area contributed by atoms with Gasteiger partial charge in [-0.25, -0.2) is 0 Å². The van der Waals surface area contributed by atoms with E-state index in [0.717, 1.165) is 17.5 Å². The molecular formula is C20H29N3O3S. The fourth-order valence-corrected chi connectivity index (χ4v) is 3.46. The van der Waals surface area contributed by atoms with Crippen molar-refractivity contribution in [3.8, 4) is 5.75 Å². The van der Waals surface area contributed by atoms with Crippen LogP contribution in [0.25, 0.3) is 0 Å². The zero-order valence-electron chi connectivity index (χ0n) is 16.1. The molecule has 148 valence electrons. The Morgan fingerprint density at radius 2 is 1.85 bits per heavy atom. The third kappa shape index (κ3) is 7.95. The van der Waals surface area contributed by atoms with Gasteiger partial charge in [0.25, 0.3) is 5.91 Å². The number of aryl methyl sites for hydroxylation is 2. The molecule has 1 aromatic carbocycles. The zero-order valence-corrected chi connectivity index (χ0v) is 16.9. The minimum atomic E-state index is -0.381. The van der Waals surface area contributed by atoms with Gasteiger partial charge in [-0.15, -0.1) is 0 Å². The predicted octanol–water partition coefficient (Wildman–Crippen LogP) is 3.06.